The molecule has 1 saturated carbocycles. The molecule has 0 spiro atoms. The number of ether oxygens (including phenoxy) is 1. The lowest BCUT2D eigenvalue weighted by Crippen LogP contribution is -2.25. The molecule has 0 radical (unpaired) electrons. The van der Waals surface area contributed by atoms with Gasteiger partial charge in [-0.25, -0.2) is 32.2 Å². The summed E-state index contributed by atoms with van der Waals surface area (Å²) in [6.45, 7) is 0.417. The first-order valence-electron chi connectivity index (χ1n) is 14.0. The predicted octanol–water partition coefficient (Wildman–Crippen LogP) is 4.96. The number of hydrogen-bond acceptors (Lipinski definition) is 8. The number of rotatable bonds is 9. The number of pyridine rings is 1. The Hall–Kier alpha value is -4.11. The lowest BCUT2D eigenvalue weighted by Gasteiger charge is -2.25. The van der Waals surface area contributed by atoms with Gasteiger partial charge in [-0.1, -0.05) is 6.07 Å². The number of sulfonamides is 1. The van der Waals surface area contributed by atoms with E-state index in [1.54, 1.807) is 35.3 Å². The number of nitrogens with one attached hydrogen (secondary N) is 2. The number of imidazole rings is 2. The zero-order chi connectivity index (χ0) is 30.5. The maximum Gasteiger partial charge on any atom is 0.295 e. The molecule has 1 atom stereocenters. The molecule has 4 aromatic rings. The van der Waals surface area contributed by atoms with Crippen LogP contribution in [-0.2, 0) is 26.6 Å². The van der Waals surface area contributed by atoms with Crippen LogP contribution in [0.5, 0.6) is 0 Å². The first-order valence-corrected chi connectivity index (χ1v) is 15.8. The fourth-order valence-electron chi connectivity index (χ4n) is 5.12. The van der Waals surface area contributed by atoms with Crippen molar-refractivity contribution in [2.75, 3.05) is 34.8 Å². The fraction of sp³-hybridized carbons (Fsp3) is 0.429. The van der Waals surface area contributed by atoms with E-state index in [1.165, 1.54) is 17.7 Å². The van der Waals surface area contributed by atoms with Gasteiger partial charge in [-0.3, -0.25) is 13.7 Å². The van der Waals surface area contributed by atoms with Crippen molar-refractivity contribution in [2.45, 2.75) is 44.8 Å². The van der Waals surface area contributed by atoms with Crippen LogP contribution in [-0.4, -0.2) is 58.3 Å². The Balaban J connectivity index is 1.50. The van der Waals surface area contributed by atoms with Gasteiger partial charge in [0.1, 0.15) is 17.6 Å². The van der Waals surface area contributed by atoms with Gasteiger partial charge in [0.15, 0.2) is 11.5 Å². The number of fused-ring (bicyclic) bond motifs is 1. The summed E-state index contributed by atoms with van der Waals surface area (Å²) in [5.74, 6) is -0.662. The molecular formula is C28H32F2N8O4S. The third kappa shape index (κ3) is 5.91. The van der Waals surface area contributed by atoms with E-state index in [4.69, 9.17) is 4.74 Å². The first-order chi connectivity index (χ1) is 20.5. The molecule has 15 heteroatoms. The van der Waals surface area contributed by atoms with Crippen LogP contribution >= 0.6 is 0 Å². The van der Waals surface area contributed by atoms with E-state index in [2.05, 4.69) is 25.6 Å². The number of alkyl halides is 2. The molecule has 1 amide bonds. The second kappa shape index (κ2) is 11.2. The Morgan fingerprint density at radius 3 is 2.56 bits per heavy atom. The quantitative estimate of drug-likeness (QED) is 0.270. The molecule has 43 heavy (non-hydrogen) atoms. The Kier molecular flexibility index (Phi) is 7.54. The first kappa shape index (κ1) is 29.0. The summed E-state index contributed by atoms with van der Waals surface area (Å²) < 4.78 is 64.1. The second-order valence-corrected chi connectivity index (χ2v) is 13.0. The molecule has 2 N–H and O–H groups in total. The molecule has 6 rings (SSSR count). The van der Waals surface area contributed by atoms with Gasteiger partial charge in [-0.2, -0.15) is 0 Å². The van der Waals surface area contributed by atoms with Crippen molar-refractivity contribution in [3.63, 3.8) is 0 Å². The summed E-state index contributed by atoms with van der Waals surface area (Å²) in [6.07, 6.45) is 4.58. The summed E-state index contributed by atoms with van der Waals surface area (Å²) in [4.78, 5) is 25.9. The van der Waals surface area contributed by atoms with Crippen molar-refractivity contribution >= 4 is 50.0 Å². The topological polar surface area (TPSA) is 136 Å². The highest BCUT2D eigenvalue weighted by atomic mass is 32.2. The largest absolute Gasteiger partial charge is 0.358 e. The van der Waals surface area contributed by atoms with E-state index in [9.17, 15) is 22.0 Å². The maximum absolute atomic E-state index is 14.4. The number of nitrogens with zero attached hydrogens (tertiary/aromatic N) is 6. The number of halogens is 2. The molecule has 0 bridgehead atoms. The van der Waals surface area contributed by atoms with Gasteiger partial charge in [0.25, 0.3) is 6.43 Å². The average Bonchev–Trinajstić information content (AvgIpc) is 3.62. The normalized spacial score (nSPS) is 17.4. The molecule has 2 fully saturated rings. The van der Waals surface area contributed by atoms with Crippen LogP contribution in [0.3, 0.4) is 0 Å². The molecular weight excluding hydrogens is 582 g/mol. The molecule has 3 aromatic heterocycles. The van der Waals surface area contributed by atoms with Crippen molar-refractivity contribution < 1.29 is 26.7 Å². The minimum absolute atomic E-state index is 0.119. The lowest BCUT2D eigenvalue weighted by atomic mass is 10.1. The van der Waals surface area contributed by atoms with Gasteiger partial charge < -0.3 is 19.9 Å². The molecule has 12 nitrogen and oxygen atoms in total. The zero-order valence-corrected chi connectivity index (χ0v) is 24.7. The van der Waals surface area contributed by atoms with Gasteiger partial charge >= 0.3 is 0 Å². The number of aryl methyl sites for hydroxylation is 1. The van der Waals surface area contributed by atoms with E-state index in [-0.39, 0.29) is 34.5 Å². The van der Waals surface area contributed by atoms with Crippen LogP contribution in [0.25, 0.3) is 22.4 Å². The average molecular weight is 615 g/mol. The third-order valence-corrected chi connectivity index (χ3v) is 8.81. The van der Waals surface area contributed by atoms with Gasteiger partial charge in [0.2, 0.25) is 15.9 Å². The minimum atomic E-state index is -3.70. The highest BCUT2D eigenvalue weighted by molar-refractivity contribution is 7.92. The molecule has 228 valence electrons. The number of carbonyl (C=O) groups excluding carboxylic acids is 1. The minimum Gasteiger partial charge on any atom is -0.358 e. The Bertz CT molecular complexity index is 1800. The van der Waals surface area contributed by atoms with Gasteiger partial charge in [0, 0.05) is 44.4 Å². The highest BCUT2D eigenvalue weighted by Gasteiger charge is 2.32. The standard InChI is InChI=1S/C28H32F2N8O4S/c1-36-14-20(31-15-36)17-9-10-18(21(12-17)37(2)43(3,40)41)32-19-13-22(34-28(39)16-7-8-16)33-26-24(19)35-27(25(29)30)38(26)23-6-4-5-11-42-23/h9-10,12-16,23,25H,4-8,11H2,1-3H3,(H2,32,33,34,39). The van der Waals surface area contributed by atoms with Crippen molar-refractivity contribution in [1.82, 2.24) is 24.1 Å². The zero-order valence-electron chi connectivity index (χ0n) is 23.9. The molecule has 2 aliphatic rings. The third-order valence-electron chi connectivity index (χ3n) is 7.62. The summed E-state index contributed by atoms with van der Waals surface area (Å²) in [7, 11) is -0.448. The van der Waals surface area contributed by atoms with Crippen LogP contribution < -0.4 is 14.9 Å². The number of amides is 1. The summed E-state index contributed by atoms with van der Waals surface area (Å²) in [5, 5.41) is 6.02. The van der Waals surface area contributed by atoms with Crippen LogP contribution in [0.15, 0.2) is 36.8 Å². The van der Waals surface area contributed by atoms with Crippen LogP contribution in [0, 0.1) is 5.92 Å². The summed E-state index contributed by atoms with van der Waals surface area (Å²) in [6, 6.07) is 6.66. The molecule has 1 saturated heterocycles. The van der Waals surface area contributed by atoms with Crippen LogP contribution in [0.4, 0.5) is 31.7 Å². The van der Waals surface area contributed by atoms with Gasteiger partial charge in [0.05, 0.1) is 35.3 Å². The Labute approximate surface area is 247 Å². The van der Waals surface area contributed by atoms with E-state index in [0.29, 0.717) is 35.7 Å². The maximum atomic E-state index is 14.4. The highest BCUT2D eigenvalue weighted by Crippen LogP contribution is 2.39. The summed E-state index contributed by atoms with van der Waals surface area (Å²) >= 11 is 0. The van der Waals surface area contributed by atoms with E-state index in [0.717, 1.165) is 36.2 Å². The Morgan fingerprint density at radius 2 is 1.93 bits per heavy atom. The number of carbonyl (C=O) groups is 1. The lowest BCUT2D eigenvalue weighted by molar-refractivity contribution is -0.117. The molecule has 1 aliphatic heterocycles. The Morgan fingerprint density at radius 1 is 1.14 bits per heavy atom. The van der Waals surface area contributed by atoms with Gasteiger partial charge in [-0.05, 0) is 44.2 Å². The van der Waals surface area contributed by atoms with E-state index < -0.39 is 28.5 Å². The second-order valence-electron chi connectivity index (χ2n) is 11.0. The monoisotopic (exact) mass is 614 g/mol. The SMILES string of the molecule is CN(c1cc(-c2cn(C)cn2)ccc1Nc1cc(NC(=O)C2CC2)nc2c1nc(C(F)F)n2C1CCCCO1)S(C)(=O)=O. The molecule has 4 heterocycles. The van der Waals surface area contributed by atoms with E-state index >= 15 is 0 Å². The van der Waals surface area contributed by atoms with Crippen molar-refractivity contribution in [2.24, 2.45) is 13.0 Å². The van der Waals surface area contributed by atoms with Crippen molar-refractivity contribution in [1.29, 1.82) is 0 Å². The number of anilines is 4. The number of hydrogen-bond donors (Lipinski definition) is 2. The molecule has 1 aliphatic carbocycles. The van der Waals surface area contributed by atoms with E-state index in [1.807, 2.05) is 7.05 Å². The molecule has 1 aromatic carbocycles. The number of aromatic nitrogens is 5. The van der Waals surface area contributed by atoms with Gasteiger partial charge in [-0.15, -0.1) is 0 Å². The van der Waals surface area contributed by atoms with Crippen molar-refractivity contribution in [3.05, 3.63) is 42.6 Å². The smallest absolute Gasteiger partial charge is 0.295 e. The van der Waals surface area contributed by atoms with Crippen LogP contribution in [0.2, 0.25) is 0 Å². The number of benzene rings is 1. The molecule has 1 unspecified atom stereocenters. The summed E-state index contributed by atoms with van der Waals surface area (Å²) in [5.41, 5.74) is 2.50. The predicted molar refractivity (Wildman–Crippen MR) is 158 cm³/mol. The van der Waals surface area contributed by atoms with Crippen molar-refractivity contribution in [3.8, 4) is 11.3 Å². The fourth-order valence-corrected chi connectivity index (χ4v) is 5.63. The van der Waals surface area contributed by atoms with Crippen LogP contribution in [0.1, 0.15) is 50.6 Å².